The van der Waals surface area contributed by atoms with Gasteiger partial charge in [-0.3, -0.25) is 9.69 Å². The third-order valence-electron chi connectivity index (χ3n) is 18.4. The third-order valence-corrected chi connectivity index (χ3v) is 18.4. The SMILES string of the molecule is CCCCO[C@H](C(=O)N[C@@H]1C[C@H](N)[C@@H](O[C@H]2O[C@H](CN(CCO)C(=O)OCc3ccccc3)[C@@H](O)C[C@H]2NC(=O)OCc2ccccc2)[C@H](O[C@@H]2O[C@H](CO)[C@@H](O[C@H]3O[C@H]4CN(C(=O)OCc5ccccc5)C(c5ccccc5)O[C@H]4[C@H](O)[C@H]3NC(=O)OCc3ccccc3)[C@H]2O)[C@H]1O)C(F)(F)CN=[N+]=[N-]. The summed E-state index contributed by atoms with van der Waals surface area (Å²) >= 11 is 0. The lowest BCUT2D eigenvalue weighted by Gasteiger charge is -2.51. The lowest BCUT2D eigenvalue weighted by molar-refractivity contribution is -0.323. The predicted molar refractivity (Wildman–Crippen MR) is 364 cm³/mol. The second kappa shape index (κ2) is 38.7. The smallest absolute Gasteiger partial charge is 0.412 e. The first-order chi connectivity index (χ1) is 51.2. The van der Waals surface area contributed by atoms with Crippen molar-refractivity contribution in [1.29, 1.82) is 0 Å². The number of amides is 5. The fourth-order valence-electron chi connectivity index (χ4n) is 12.9. The first kappa shape index (κ1) is 79.8. The number of azide groups is 1. The van der Waals surface area contributed by atoms with Gasteiger partial charge in [-0.15, -0.1) is 0 Å². The molecule has 0 spiro atoms. The zero-order valence-corrected chi connectivity index (χ0v) is 57.8. The minimum Gasteiger partial charge on any atom is -0.445 e. The molecule has 4 saturated heterocycles. The van der Waals surface area contributed by atoms with Gasteiger partial charge in [-0.2, -0.15) is 0 Å². The van der Waals surface area contributed by atoms with Crippen LogP contribution in [0.3, 0.4) is 0 Å². The van der Waals surface area contributed by atoms with E-state index in [-0.39, 0.29) is 52.5 Å². The topological polar surface area (TPSA) is 435 Å². The highest BCUT2D eigenvalue weighted by atomic mass is 19.3. The van der Waals surface area contributed by atoms with Crippen molar-refractivity contribution in [1.82, 2.24) is 25.8 Å². The number of aliphatic hydroxyl groups excluding tert-OH is 6. The van der Waals surface area contributed by atoms with Gasteiger partial charge in [0.05, 0.1) is 51.0 Å². The quantitative estimate of drug-likeness (QED) is 0.00963. The van der Waals surface area contributed by atoms with E-state index in [1.807, 2.05) is 0 Å². The molecule has 5 aromatic carbocycles. The van der Waals surface area contributed by atoms with Gasteiger partial charge < -0.3 is 114 Å². The van der Waals surface area contributed by atoms with Crippen LogP contribution in [0.1, 0.15) is 66.7 Å². The molecule has 1 saturated carbocycles. The molecule has 5 fully saturated rings. The molecule has 1 aliphatic carbocycles. The van der Waals surface area contributed by atoms with Gasteiger partial charge in [0.2, 0.25) is 0 Å². The largest absolute Gasteiger partial charge is 0.445 e. The molecular formula is C72H89F2N9O23. The Morgan fingerprint density at radius 3 is 1.77 bits per heavy atom. The Morgan fingerprint density at radius 2 is 1.20 bits per heavy atom. The zero-order chi connectivity index (χ0) is 75.3. The molecule has 574 valence electrons. The van der Waals surface area contributed by atoms with Crippen LogP contribution in [0.4, 0.5) is 28.0 Å². The number of nitrogens with zero attached hydrogens (tertiary/aromatic N) is 5. The number of benzene rings is 5. The molecule has 20 atom stereocenters. The molecule has 34 heteroatoms. The van der Waals surface area contributed by atoms with Crippen molar-refractivity contribution in [2.75, 3.05) is 46.0 Å². The number of alkyl halides is 2. The van der Waals surface area contributed by atoms with Crippen molar-refractivity contribution in [3.63, 3.8) is 0 Å². The second-order valence-corrected chi connectivity index (χ2v) is 26.0. The number of hydrogen-bond acceptors (Lipinski definition) is 25. The second-order valence-electron chi connectivity index (χ2n) is 26.0. The summed E-state index contributed by atoms with van der Waals surface area (Å²) in [7, 11) is 0. The van der Waals surface area contributed by atoms with E-state index in [2.05, 4.69) is 26.0 Å². The lowest BCUT2D eigenvalue weighted by atomic mass is 9.83. The summed E-state index contributed by atoms with van der Waals surface area (Å²) in [6, 6.07) is 37.0. The lowest BCUT2D eigenvalue weighted by Crippen LogP contribution is -2.69. The van der Waals surface area contributed by atoms with Crippen molar-refractivity contribution in [3.8, 4) is 0 Å². The fourth-order valence-corrected chi connectivity index (χ4v) is 12.9. The number of carbonyl (C=O) groups excluding carboxylic acids is 5. The average molecular weight is 1490 g/mol. The maximum atomic E-state index is 15.9. The van der Waals surface area contributed by atoms with Crippen LogP contribution in [0.25, 0.3) is 10.4 Å². The highest BCUT2D eigenvalue weighted by molar-refractivity contribution is 5.82. The number of rotatable bonds is 31. The number of halogens is 2. The zero-order valence-electron chi connectivity index (χ0n) is 57.8. The first-order valence-corrected chi connectivity index (χ1v) is 34.8. The van der Waals surface area contributed by atoms with Crippen LogP contribution in [0.2, 0.25) is 0 Å². The van der Waals surface area contributed by atoms with Gasteiger partial charge in [0.15, 0.2) is 31.2 Å². The Balaban J connectivity index is 0.957. The molecule has 10 rings (SSSR count). The van der Waals surface area contributed by atoms with E-state index in [4.69, 9.17) is 68.1 Å². The normalized spacial score (nSPS) is 28.8. The molecule has 0 aromatic heterocycles. The van der Waals surface area contributed by atoms with E-state index >= 15 is 8.78 Å². The van der Waals surface area contributed by atoms with Gasteiger partial charge in [-0.05, 0) is 40.6 Å². The van der Waals surface area contributed by atoms with Gasteiger partial charge in [0.1, 0.15) is 93.5 Å². The van der Waals surface area contributed by atoms with E-state index < -0.39 is 198 Å². The Kier molecular flexibility index (Phi) is 29.1. The minimum absolute atomic E-state index is 0.147. The van der Waals surface area contributed by atoms with Crippen molar-refractivity contribution >= 4 is 30.3 Å². The molecule has 32 nitrogen and oxygen atoms in total. The maximum absolute atomic E-state index is 15.9. The standard InChI is InChI=1S/C72H89F2N9O23/c1-2-3-31-95-62(72(73,74)41-77-81-76)63(90)78-48-32-47(75)58(104-65-49(79-68(91)96-37-42-19-9-4-10-20-42)33-50(86)51(100-65)34-82(29-30-84)70(93)98-39-44-23-13-6-14-24-44)61(55(48)87)106-67-57(89)60(53(36-85)102-67)105-66-54(80-69(92)97-38-43-21-11-5-12-22-43)56(88)59-52(101-66)35-83(64(103-59)46-27-17-8-18-28-46)71(94)99-40-45-25-15-7-16-26-45/h4-28,47-62,64-67,84-89H,2-3,29-41,75H2,1H3,(H,78,90)(H,79,91)(H,80,92)/t47-,48+,49+,50-,51+,52-,53+,54+,55-,56+,57+,58+,59+,60+,61+,62+,64?,65+,66+,67-/m0/s1. The molecule has 1 unspecified atom stereocenters. The summed E-state index contributed by atoms with van der Waals surface area (Å²) in [5.74, 6) is -5.62. The fraction of sp³-hybridized carbons (Fsp3) is 0.514. The van der Waals surface area contributed by atoms with Gasteiger partial charge in [-0.25, -0.2) is 28.0 Å². The number of hydrogen-bond donors (Lipinski definition) is 10. The summed E-state index contributed by atoms with van der Waals surface area (Å²) in [5.41, 5.74) is 18.9. The van der Waals surface area contributed by atoms with Crippen molar-refractivity contribution in [2.45, 2.75) is 187 Å². The van der Waals surface area contributed by atoms with E-state index in [9.17, 15) is 54.6 Å². The number of ether oxygens (including phenoxy) is 12. The Hall–Kier alpha value is -8.78. The predicted octanol–water partition coefficient (Wildman–Crippen LogP) is 4.45. The molecule has 4 aliphatic heterocycles. The van der Waals surface area contributed by atoms with Crippen molar-refractivity contribution < 1.29 is 120 Å². The summed E-state index contributed by atoms with van der Waals surface area (Å²) in [6.07, 6.45) is -32.5. The summed E-state index contributed by atoms with van der Waals surface area (Å²) in [5, 5.41) is 81.6. The first-order valence-electron chi connectivity index (χ1n) is 34.8. The summed E-state index contributed by atoms with van der Waals surface area (Å²) in [6.45, 7) is -3.61. The van der Waals surface area contributed by atoms with Crippen molar-refractivity contribution in [3.05, 3.63) is 190 Å². The van der Waals surface area contributed by atoms with E-state index in [0.717, 1.165) is 4.90 Å². The minimum atomic E-state index is -4.13. The van der Waals surface area contributed by atoms with Crippen molar-refractivity contribution in [2.24, 2.45) is 10.8 Å². The molecular weight excluding hydrogens is 1400 g/mol. The van der Waals surface area contributed by atoms with Gasteiger partial charge in [0.25, 0.3) is 11.8 Å². The van der Waals surface area contributed by atoms with E-state index in [1.165, 1.54) is 4.90 Å². The molecule has 0 bridgehead atoms. The van der Waals surface area contributed by atoms with E-state index in [0.29, 0.717) is 34.2 Å². The number of unbranched alkanes of at least 4 members (excludes halogenated alkanes) is 1. The van der Waals surface area contributed by atoms with Crippen LogP contribution in [0.5, 0.6) is 0 Å². The van der Waals surface area contributed by atoms with E-state index in [1.54, 1.807) is 159 Å². The Morgan fingerprint density at radius 1 is 0.651 bits per heavy atom. The van der Waals surface area contributed by atoms with Gasteiger partial charge >= 0.3 is 24.4 Å². The number of nitrogens with two attached hydrogens (primary N) is 1. The highest BCUT2D eigenvalue weighted by Gasteiger charge is 2.58. The maximum Gasteiger partial charge on any atom is 0.412 e. The van der Waals surface area contributed by atoms with Crippen LogP contribution in [0, 0.1) is 0 Å². The number of aliphatic hydroxyl groups is 6. The van der Waals surface area contributed by atoms with Crippen LogP contribution < -0.4 is 21.7 Å². The molecule has 5 aliphatic rings. The molecule has 0 radical (unpaired) electrons. The number of nitrogens with one attached hydrogen (secondary N) is 3. The molecule has 5 aromatic rings. The third kappa shape index (κ3) is 21.1. The number of alkyl carbamates (subject to hydrolysis) is 2. The average Bonchev–Trinajstić information content (AvgIpc) is 1.12. The Bertz CT molecular complexity index is 3630. The molecule has 5 amide bonds. The molecule has 11 N–H and O–H groups in total. The van der Waals surface area contributed by atoms with Gasteiger partial charge in [-0.1, -0.05) is 170 Å². The van der Waals surface area contributed by atoms with Crippen LogP contribution >= 0.6 is 0 Å². The molecule has 106 heavy (non-hydrogen) atoms. The number of carbonyl (C=O) groups is 5. The highest BCUT2D eigenvalue weighted by Crippen LogP contribution is 2.40. The number of fused-ring (bicyclic) bond motifs is 1. The van der Waals surface area contributed by atoms with Gasteiger partial charge in [0, 0.05) is 36.1 Å². The van der Waals surface area contributed by atoms with Crippen LogP contribution in [-0.2, 0) is 88.1 Å². The van der Waals surface area contributed by atoms with Crippen LogP contribution in [0.15, 0.2) is 157 Å². The Labute approximate surface area is 608 Å². The summed E-state index contributed by atoms with van der Waals surface area (Å²) in [4.78, 5) is 74.6. The molecule has 4 heterocycles. The monoisotopic (exact) mass is 1490 g/mol. The summed E-state index contributed by atoms with van der Waals surface area (Å²) < 4.78 is 105. The van der Waals surface area contributed by atoms with Crippen LogP contribution in [-0.4, -0.2) is 239 Å².